The monoisotopic (exact) mass is 236 g/mol. The van der Waals surface area contributed by atoms with Crippen molar-refractivity contribution in [1.29, 1.82) is 0 Å². The first kappa shape index (κ1) is 11.3. The van der Waals surface area contributed by atoms with Crippen LogP contribution in [-0.4, -0.2) is 21.6 Å². The summed E-state index contributed by atoms with van der Waals surface area (Å²) in [5.74, 6) is -1.50. The molecule has 6 nitrogen and oxygen atoms in total. The molecule has 2 aromatic rings. The number of rotatable bonds is 3. The molecule has 0 aliphatic carbocycles. The molecule has 1 aromatic carbocycles. The van der Waals surface area contributed by atoms with Crippen LogP contribution in [0, 0.1) is 0 Å². The lowest BCUT2D eigenvalue weighted by atomic mass is 10.1. The van der Waals surface area contributed by atoms with E-state index in [1.807, 2.05) is 0 Å². The van der Waals surface area contributed by atoms with Gasteiger partial charge >= 0.3 is 11.7 Å². The topological polar surface area (TPSA) is 95.3 Å². The molecule has 0 spiro atoms. The molecule has 0 fully saturated rings. The number of oxazole rings is 1. The Balaban J connectivity index is 2.37. The number of hydrogen-bond donors (Lipinski definition) is 3. The van der Waals surface area contributed by atoms with Gasteiger partial charge in [-0.2, -0.15) is 0 Å². The molecule has 0 aliphatic heterocycles. The molecule has 0 amide bonds. The van der Waals surface area contributed by atoms with Gasteiger partial charge in [-0.25, -0.2) is 9.59 Å². The van der Waals surface area contributed by atoms with E-state index in [0.717, 1.165) is 0 Å². The molecule has 0 saturated carbocycles. The van der Waals surface area contributed by atoms with Gasteiger partial charge in [0.1, 0.15) is 5.54 Å². The largest absolute Gasteiger partial charge is 0.480 e. The van der Waals surface area contributed by atoms with Crippen molar-refractivity contribution in [2.75, 3.05) is 5.32 Å². The van der Waals surface area contributed by atoms with Gasteiger partial charge in [-0.1, -0.05) is 0 Å². The van der Waals surface area contributed by atoms with E-state index < -0.39 is 17.3 Å². The van der Waals surface area contributed by atoms with Gasteiger partial charge in [0, 0.05) is 11.8 Å². The zero-order chi connectivity index (χ0) is 12.6. The minimum Gasteiger partial charge on any atom is -0.480 e. The fourth-order valence-electron chi connectivity index (χ4n) is 1.44. The Morgan fingerprint density at radius 3 is 2.82 bits per heavy atom. The van der Waals surface area contributed by atoms with Crippen molar-refractivity contribution >= 4 is 22.8 Å². The standard InChI is InChI=1S/C11H12N2O4/c1-11(2,9(14)15)13-6-3-4-7-8(5-6)17-10(16)12-7/h3-5,13H,1-2H3,(H,12,16)(H,14,15). The van der Waals surface area contributed by atoms with Crippen LogP contribution >= 0.6 is 0 Å². The normalized spacial score (nSPS) is 11.6. The van der Waals surface area contributed by atoms with Gasteiger partial charge in [-0.05, 0) is 26.0 Å². The zero-order valence-electron chi connectivity index (χ0n) is 9.40. The number of H-pyrrole nitrogens is 1. The molecule has 17 heavy (non-hydrogen) atoms. The number of aromatic nitrogens is 1. The second kappa shape index (κ2) is 3.65. The van der Waals surface area contributed by atoms with Gasteiger partial charge in [-0.15, -0.1) is 0 Å². The maximum atomic E-state index is 11.0. The third kappa shape index (κ3) is 2.15. The molecule has 0 aliphatic rings. The molecule has 0 unspecified atom stereocenters. The van der Waals surface area contributed by atoms with Gasteiger partial charge in [0.2, 0.25) is 0 Å². The lowest BCUT2D eigenvalue weighted by Gasteiger charge is -2.22. The smallest absolute Gasteiger partial charge is 0.417 e. The number of carboxylic acid groups (broad SMARTS) is 1. The SMILES string of the molecule is CC(C)(Nc1ccc2[nH]c(=O)oc2c1)C(=O)O. The van der Waals surface area contributed by atoms with E-state index in [9.17, 15) is 9.59 Å². The average Bonchev–Trinajstić information content (AvgIpc) is 2.56. The third-order valence-electron chi connectivity index (χ3n) is 2.41. The number of aromatic amines is 1. The Bertz CT molecular complexity index is 624. The van der Waals surface area contributed by atoms with Crippen LogP contribution < -0.4 is 11.1 Å². The highest BCUT2D eigenvalue weighted by Gasteiger charge is 2.26. The van der Waals surface area contributed by atoms with E-state index in [1.54, 1.807) is 32.0 Å². The number of carbonyl (C=O) groups is 1. The van der Waals surface area contributed by atoms with E-state index in [0.29, 0.717) is 16.8 Å². The molecule has 90 valence electrons. The Hall–Kier alpha value is -2.24. The summed E-state index contributed by atoms with van der Waals surface area (Å²) in [6.45, 7) is 3.10. The third-order valence-corrected chi connectivity index (χ3v) is 2.41. The summed E-state index contributed by atoms with van der Waals surface area (Å²) in [6, 6.07) is 4.91. The van der Waals surface area contributed by atoms with Gasteiger partial charge in [0.25, 0.3) is 0 Å². The molecule has 3 N–H and O–H groups in total. The Morgan fingerprint density at radius 2 is 2.18 bits per heavy atom. The second-order valence-electron chi connectivity index (χ2n) is 4.28. The fraction of sp³-hybridized carbons (Fsp3) is 0.273. The molecule has 0 radical (unpaired) electrons. The molecule has 0 atom stereocenters. The Morgan fingerprint density at radius 1 is 1.47 bits per heavy atom. The van der Waals surface area contributed by atoms with E-state index in [4.69, 9.17) is 9.52 Å². The van der Waals surface area contributed by atoms with Crippen LogP contribution in [0.3, 0.4) is 0 Å². The highest BCUT2D eigenvalue weighted by Crippen LogP contribution is 2.20. The van der Waals surface area contributed by atoms with E-state index in [-0.39, 0.29) is 0 Å². The van der Waals surface area contributed by atoms with E-state index in [2.05, 4.69) is 10.3 Å². The van der Waals surface area contributed by atoms with Crippen LogP contribution in [0.5, 0.6) is 0 Å². The van der Waals surface area contributed by atoms with Crippen molar-refractivity contribution in [1.82, 2.24) is 4.98 Å². The summed E-state index contributed by atoms with van der Waals surface area (Å²) < 4.78 is 4.88. The predicted octanol–water partition coefficient (Wildman–Crippen LogP) is 1.40. The van der Waals surface area contributed by atoms with Crippen LogP contribution in [0.2, 0.25) is 0 Å². The first-order chi connectivity index (χ1) is 7.88. The van der Waals surface area contributed by atoms with Gasteiger partial charge in [-0.3, -0.25) is 4.98 Å². The zero-order valence-corrected chi connectivity index (χ0v) is 9.40. The Kier molecular flexibility index (Phi) is 2.42. The number of hydrogen-bond acceptors (Lipinski definition) is 4. The molecule has 0 bridgehead atoms. The van der Waals surface area contributed by atoms with Crippen LogP contribution in [0.15, 0.2) is 27.4 Å². The summed E-state index contributed by atoms with van der Waals surface area (Å²) in [6.07, 6.45) is 0. The molecule has 1 aromatic heterocycles. The van der Waals surface area contributed by atoms with E-state index in [1.165, 1.54) is 0 Å². The number of anilines is 1. The lowest BCUT2D eigenvalue weighted by molar-refractivity contribution is -0.141. The summed E-state index contributed by atoms with van der Waals surface area (Å²) in [7, 11) is 0. The molecule has 0 saturated heterocycles. The quantitative estimate of drug-likeness (QED) is 0.748. The number of nitrogens with one attached hydrogen (secondary N) is 2. The highest BCUT2D eigenvalue weighted by molar-refractivity contribution is 5.83. The van der Waals surface area contributed by atoms with Crippen LogP contribution in [0.1, 0.15) is 13.8 Å². The van der Waals surface area contributed by atoms with Gasteiger partial charge in [0.15, 0.2) is 5.58 Å². The summed E-state index contributed by atoms with van der Waals surface area (Å²) in [5, 5.41) is 11.8. The van der Waals surface area contributed by atoms with Gasteiger partial charge < -0.3 is 14.8 Å². The highest BCUT2D eigenvalue weighted by atomic mass is 16.4. The van der Waals surface area contributed by atoms with Crippen molar-refractivity contribution in [3.63, 3.8) is 0 Å². The average molecular weight is 236 g/mol. The fourth-order valence-corrected chi connectivity index (χ4v) is 1.44. The van der Waals surface area contributed by atoms with Crippen molar-refractivity contribution in [2.45, 2.75) is 19.4 Å². The Labute approximate surface area is 96.3 Å². The maximum Gasteiger partial charge on any atom is 0.417 e. The van der Waals surface area contributed by atoms with Crippen molar-refractivity contribution in [3.05, 3.63) is 28.7 Å². The number of benzene rings is 1. The molecular weight excluding hydrogens is 224 g/mol. The molecule has 2 rings (SSSR count). The predicted molar refractivity (Wildman–Crippen MR) is 62.2 cm³/mol. The first-order valence-corrected chi connectivity index (χ1v) is 5.03. The first-order valence-electron chi connectivity index (χ1n) is 5.03. The summed E-state index contributed by atoms with van der Waals surface area (Å²) in [5.41, 5.74) is 0.451. The van der Waals surface area contributed by atoms with Crippen LogP contribution in [0.4, 0.5) is 5.69 Å². The number of fused-ring (bicyclic) bond motifs is 1. The number of aliphatic carboxylic acids is 1. The van der Waals surface area contributed by atoms with Crippen LogP contribution in [0.25, 0.3) is 11.1 Å². The van der Waals surface area contributed by atoms with Crippen molar-refractivity contribution in [2.24, 2.45) is 0 Å². The molecule has 6 heteroatoms. The van der Waals surface area contributed by atoms with E-state index >= 15 is 0 Å². The minimum atomic E-state index is -1.09. The van der Waals surface area contributed by atoms with Crippen molar-refractivity contribution in [3.8, 4) is 0 Å². The summed E-state index contributed by atoms with van der Waals surface area (Å²) >= 11 is 0. The minimum absolute atomic E-state index is 0.390. The molecular formula is C11H12N2O4. The maximum absolute atomic E-state index is 11.0. The summed E-state index contributed by atoms with van der Waals surface area (Å²) in [4.78, 5) is 24.4. The van der Waals surface area contributed by atoms with Gasteiger partial charge in [0.05, 0.1) is 5.52 Å². The second-order valence-corrected chi connectivity index (χ2v) is 4.28. The van der Waals surface area contributed by atoms with Crippen LogP contribution in [-0.2, 0) is 4.79 Å². The lowest BCUT2D eigenvalue weighted by Crippen LogP contribution is -2.39. The van der Waals surface area contributed by atoms with Crippen molar-refractivity contribution < 1.29 is 14.3 Å². The molecule has 1 heterocycles. The number of carboxylic acids is 1.